The minimum absolute atomic E-state index is 0.317. The molecule has 0 aliphatic carbocycles. The third-order valence-electron chi connectivity index (χ3n) is 1.16. The molecule has 0 aliphatic rings. The van der Waals surface area contributed by atoms with Crippen LogP contribution in [0.1, 0.15) is 33.3 Å². The summed E-state index contributed by atoms with van der Waals surface area (Å²) in [5.41, 5.74) is 5.98. The molecule has 3 heteroatoms. The number of halogens is 2. The van der Waals surface area contributed by atoms with E-state index in [1.54, 1.807) is 6.07 Å². The van der Waals surface area contributed by atoms with Crippen LogP contribution in [0.2, 0.25) is 5.02 Å². The van der Waals surface area contributed by atoms with Crippen LogP contribution in [0.15, 0.2) is 18.2 Å². The molecule has 0 atom stereocenters. The van der Waals surface area contributed by atoms with Gasteiger partial charge < -0.3 is 5.73 Å². The second kappa shape index (κ2) is 10.5. The third kappa shape index (κ3) is 6.87. The van der Waals surface area contributed by atoms with Gasteiger partial charge in [0.1, 0.15) is 5.82 Å². The molecule has 0 saturated carbocycles. The van der Waals surface area contributed by atoms with E-state index < -0.39 is 0 Å². The Morgan fingerprint density at radius 2 is 1.64 bits per heavy atom. The maximum atomic E-state index is 12.5. The fraction of sp³-hybridized carbons (Fsp3) is 0.455. The SMILES string of the molecule is CC.CC.NCc1cc(F)cc(Cl)c1. The lowest BCUT2D eigenvalue weighted by Crippen LogP contribution is -1.96. The van der Waals surface area contributed by atoms with Gasteiger partial charge in [0.05, 0.1) is 0 Å². The van der Waals surface area contributed by atoms with E-state index in [-0.39, 0.29) is 5.82 Å². The Hall–Kier alpha value is -0.600. The Kier molecular flexibility index (Phi) is 11.9. The summed E-state index contributed by atoms with van der Waals surface area (Å²) < 4.78 is 12.5. The molecule has 1 rings (SSSR count). The Morgan fingerprint density at radius 3 is 2.00 bits per heavy atom. The van der Waals surface area contributed by atoms with E-state index in [1.165, 1.54) is 12.1 Å². The first-order valence-electron chi connectivity index (χ1n) is 4.87. The van der Waals surface area contributed by atoms with E-state index in [9.17, 15) is 4.39 Å². The number of nitrogens with two attached hydrogens (primary N) is 1. The minimum atomic E-state index is -0.340. The maximum Gasteiger partial charge on any atom is 0.125 e. The molecule has 0 radical (unpaired) electrons. The quantitative estimate of drug-likeness (QED) is 0.760. The molecule has 0 fully saturated rings. The van der Waals surface area contributed by atoms with Crippen LogP contribution in [0, 0.1) is 5.82 Å². The van der Waals surface area contributed by atoms with Crippen LogP contribution in [0.5, 0.6) is 0 Å². The molecule has 2 N–H and O–H groups in total. The Bertz CT molecular complexity index is 218. The minimum Gasteiger partial charge on any atom is -0.326 e. The molecule has 1 nitrogen and oxygen atoms in total. The van der Waals surface area contributed by atoms with Gasteiger partial charge in [0.2, 0.25) is 0 Å². The highest BCUT2D eigenvalue weighted by molar-refractivity contribution is 6.30. The van der Waals surface area contributed by atoms with E-state index in [1.807, 2.05) is 27.7 Å². The third-order valence-corrected chi connectivity index (χ3v) is 1.38. The summed E-state index contributed by atoms with van der Waals surface area (Å²) in [6.45, 7) is 8.32. The first-order chi connectivity index (χ1) is 6.72. The zero-order valence-electron chi connectivity index (χ0n) is 9.27. The molecular weight excluding hydrogens is 201 g/mol. The topological polar surface area (TPSA) is 26.0 Å². The largest absolute Gasteiger partial charge is 0.326 e. The van der Waals surface area contributed by atoms with Crippen molar-refractivity contribution in [3.8, 4) is 0 Å². The first-order valence-corrected chi connectivity index (χ1v) is 5.25. The summed E-state index contributed by atoms with van der Waals surface area (Å²) >= 11 is 5.53. The van der Waals surface area contributed by atoms with Crippen molar-refractivity contribution in [3.05, 3.63) is 34.6 Å². The van der Waals surface area contributed by atoms with E-state index in [0.717, 1.165) is 0 Å². The normalized spacial score (nSPS) is 7.93. The summed E-state index contributed by atoms with van der Waals surface area (Å²) in [6, 6.07) is 4.26. The standard InChI is InChI=1S/C7H7ClFN.2C2H6/c8-6-1-5(4-10)2-7(9)3-6;2*1-2/h1-3H,4,10H2;2*1-2H3. The molecule has 0 heterocycles. The maximum absolute atomic E-state index is 12.5. The Balaban J connectivity index is 0. The van der Waals surface area contributed by atoms with Crippen molar-refractivity contribution in [2.45, 2.75) is 34.2 Å². The van der Waals surface area contributed by atoms with E-state index in [0.29, 0.717) is 17.1 Å². The number of benzene rings is 1. The van der Waals surface area contributed by atoms with Crippen molar-refractivity contribution in [3.63, 3.8) is 0 Å². The van der Waals surface area contributed by atoms with Crippen LogP contribution in [-0.4, -0.2) is 0 Å². The zero-order chi connectivity index (χ0) is 11.6. The van der Waals surface area contributed by atoms with Crippen molar-refractivity contribution in [2.24, 2.45) is 5.73 Å². The van der Waals surface area contributed by atoms with Gasteiger partial charge in [-0.15, -0.1) is 0 Å². The van der Waals surface area contributed by atoms with Crippen molar-refractivity contribution in [2.75, 3.05) is 0 Å². The van der Waals surface area contributed by atoms with Crippen molar-refractivity contribution in [1.82, 2.24) is 0 Å². The number of hydrogen-bond donors (Lipinski definition) is 1. The van der Waals surface area contributed by atoms with Crippen LogP contribution in [-0.2, 0) is 6.54 Å². The molecule has 0 bridgehead atoms. The first kappa shape index (κ1) is 15.9. The molecule has 1 aromatic carbocycles. The lowest BCUT2D eigenvalue weighted by atomic mass is 10.2. The van der Waals surface area contributed by atoms with Crippen molar-refractivity contribution < 1.29 is 4.39 Å². The summed E-state index contributed by atoms with van der Waals surface area (Å²) in [5.74, 6) is -0.340. The summed E-state index contributed by atoms with van der Waals surface area (Å²) in [4.78, 5) is 0. The monoisotopic (exact) mass is 219 g/mol. The highest BCUT2D eigenvalue weighted by Crippen LogP contribution is 2.13. The summed E-state index contributed by atoms with van der Waals surface area (Å²) in [7, 11) is 0. The zero-order valence-corrected chi connectivity index (χ0v) is 10.0. The van der Waals surface area contributed by atoms with Crippen LogP contribution in [0.4, 0.5) is 4.39 Å². The number of hydrogen-bond acceptors (Lipinski definition) is 1. The second-order valence-corrected chi connectivity index (χ2v) is 2.42. The molecule has 82 valence electrons. The van der Waals surface area contributed by atoms with Crippen molar-refractivity contribution >= 4 is 11.6 Å². The fourth-order valence-corrected chi connectivity index (χ4v) is 0.973. The highest BCUT2D eigenvalue weighted by Gasteiger charge is 1.95. The van der Waals surface area contributed by atoms with E-state index in [2.05, 4.69) is 0 Å². The van der Waals surface area contributed by atoms with E-state index >= 15 is 0 Å². The smallest absolute Gasteiger partial charge is 0.125 e. The van der Waals surface area contributed by atoms with E-state index in [4.69, 9.17) is 17.3 Å². The van der Waals surface area contributed by atoms with Gasteiger partial charge in [0.25, 0.3) is 0 Å². The fourth-order valence-electron chi connectivity index (χ4n) is 0.729. The molecule has 1 aromatic rings. The van der Waals surface area contributed by atoms with Gasteiger partial charge in [0.15, 0.2) is 0 Å². The predicted molar refractivity (Wildman–Crippen MR) is 62.0 cm³/mol. The summed E-state index contributed by atoms with van der Waals surface area (Å²) in [5, 5.41) is 0.389. The molecule has 0 unspecified atom stereocenters. The van der Waals surface area contributed by atoms with Gasteiger partial charge in [-0.05, 0) is 23.8 Å². The highest BCUT2D eigenvalue weighted by atomic mass is 35.5. The second-order valence-electron chi connectivity index (χ2n) is 1.98. The average Bonchev–Trinajstić information content (AvgIpc) is 2.22. The molecule has 0 aromatic heterocycles. The van der Waals surface area contributed by atoms with Crippen LogP contribution in [0.3, 0.4) is 0 Å². The van der Waals surface area contributed by atoms with Crippen LogP contribution >= 0.6 is 11.6 Å². The van der Waals surface area contributed by atoms with Crippen LogP contribution in [0.25, 0.3) is 0 Å². The molecule has 0 amide bonds. The van der Waals surface area contributed by atoms with Crippen LogP contribution < -0.4 is 5.73 Å². The van der Waals surface area contributed by atoms with Gasteiger partial charge in [0, 0.05) is 11.6 Å². The Morgan fingerprint density at radius 1 is 1.14 bits per heavy atom. The Labute approximate surface area is 91.1 Å². The van der Waals surface area contributed by atoms with Gasteiger partial charge >= 0.3 is 0 Å². The van der Waals surface area contributed by atoms with Gasteiger partial charge in [-0.25, -0.2) is 4.39 Å². The lowest BCUT2D eigenvalue weighted by molar-refractivity contribution is 0.625. The van der Waals surface area contributed by atoms with Gasteiger partial charge in [-0.1, -0.05) is 39.3 Å². The molecule has 0 saturated heterocycles. The number of rotatable bonds is 1. The molecule has 14 heavy (non-hydrogen) atoms. The average molecular weight is 220 g/mol. The van der Waals surface area contributed by atoms with Crippen molar-refractivity contribution in [1.29, 1.82) is 0 Å². The summed E-state index contributed by atoms with van der Waals surface area (Å²) in [6.07, 6.45) is 0. The lowest BCUT2D eigenvalue weighted by Gasteiger charge is -1.96. The van der Waals surface area contributed by atoms with Gasteiger partial charge in [-0.3, -0.25) is 0 Å². The molecule has 0 aliphatic heterocycles. The van der Waals surface area contributed by atoms with Gasteiger partial charge in [-0.2, -0.15) is 0 Å². The molecular formula is C11H19ClFN. The molecule has 0 spiro atoms. The predicted octanol–water partition coefficient (Wildman–Crippen LogP) is 3.99.